The Bertz CT molecular complexity index is 1160. The number of rotatable bonds is 3. The summed E-state index contributed by atoms with van der Waals surface area (Å²) >= 11 is 0. The summed E-state index contributed by atoms with van der Waals surface area (Å²) in [7, 11) is 0. The molecule has 0 saturated heterocycles. The monoisotopic (exact) mass is 413 g/mol. The van der Waals surface area contributed by atoms with Crippen LogP contribution in [0.2, 0.25) is 0 Å². The fourth-order valence-electron chi connectivity index (χ4n) is 5.47. The summed E-state index contributed by atoms with van der Waals surface area (Å²) in [6.45, 7) is 11.4. The predicted molar refractivity (Wildman–Crippen MR) is 124 cm³/mol. The van der Waals surface area contributed by atoms with Crippen molar-refractivity contribution in [3.8, 4) is 0 Å². The lowest BCUT2D eigenvalue weighted by atomic mass is 9.66. The van der Waals surface area contributed by atoms with Crippen LogP contribution in [0.1, 0.15) is 86.9 Å². The Morgan fingerprint density at radius 2 is 1.55 bits per heavy atom. The van der Waals surface area contributed by atoms with Crippen molar-refractivity contribution in [1.29, 1.82) is 0 Å². The number of benzene rings is 1. The number of aliphatic hydroxyl groups is 1. The second-order valence-electron chi connectivity index (χ2n) is 10.7. The van der Waals surface area contributed by atoms with Crippen LogP contribution in [0.25, 0.3) is 5.57 Å². The number of nitrogens with zero attached hydrogens (tertiary/aromatic N) is 1. The Kier molecular flexibility index (Phi) is 4.19. The van der Waals surface area contributed by atoms with Gasteiger partial charge in [0.25, 0.3) is 0 Å². The van der Waals surface area contributed by atoms with Crippen LogP contribution in [0.3, 0.4) is 0 Å². The summed E-state index contributed by atoms with van der Waals surface area (Å²) in [6, 6.07) is 8.85. The third-order valence-electron chi connectivity index (χ3n) is 7.63. The minimum absolute atomic E-state index is 0.00745. The Hall–Kier alpha value is -2.68. The SMILES string of the molecule is Cc1cc2c(cc1C1(c3ccc(C4=C(O)CCC4=O)cn3)CC1)C(C)(C)C=CC2(C)C. The van der Waals surface area contributed by atoms with Crippen LogP contribution in [0, 0.1) is 6.92 Å². The van der Waals surface area contributed by atoms with Crippen LogP contribution in [0.15, 0.2) is 48.4 Å². The highest BCUT2D eigenvalue weighted by Crippen LogP contribution is 2.55. The molecule has 0 unspecified atom stereocenters. The molecule has 1 heterocycles. The second-order valence-corrected chi connectivity index (χ2v) is 10.7. The molecule has 3 nitrogen and oxygen atoms in total. The number of hydrogen-bond donors (Lipinski definition) is 1. The normalized spacial score (nSPS) is 22.5. The van der Waals surface area contributed by atoms with Gasteiger partial charge in [0.1, 0.15) is 5.76 Å². The summed E-state index contributed by atoms with van der Waals surface area (Å²) in [6.07, 6.45) is 9.47. The van der Waals surface area contributed by atoms with Gasteiger partial charge in [-0.3, -0.25) is 9.78 Å². The topological polar surface area (TPSA) is 50.2 Å². The highest BCUT2D eigenvalue weighted by molar-refractivity contribution is 6.23. The Morgan fingerprint density at radius 1 is 0.903 bits per heavy atom. The van der Waals surface area contributed by atoms with E-state index in [9.17, 15) is 9.90 Å². The van der Waals surface area contributed by atoms with Crippen LogP contribution in [0.4, 0.5) is 0 Å². The number of aromatic nitrogens is 1. The maximum atomic E-state index is 12.1. The number of fused-ring (bicyclic) bond motifs is 1. The zero-order valence-electron chi connectivity index (χ0n) is 19.2. The molecule has 0 amide bonds. The van der Waals surface area contributed by atoms with Crippen molar-refractivity contribution in [2.75, 3.05) is 0 Å². The van der Waals surface area contributed by atoms with E-state index < -0.39 is 0 Å². The van der Waals surface area contributed by atoms with Gasteiger partial charge in [0.2, 0.25) is 0 Å². The number of allylic oxidation sites excluding steroid dienone is 4. The number of Topliss-reactive ketones (excluding diaryl/α,β-unsaturated/α-hetero) is 1. The van der Waals surface area contributed by atoms with Crippen molar-refractivity contribution >= 4 is 11.4 Å². The maximum absolute atomic E-state index is 12.1. The van der Waals surface area contributed by atoms with Crippen LogP contribution in [0.5, 0.6) is 0 Å². The van der Waals surface area contributed by atoms with Crippen LogP contribution >= 0.6 is 0 Å². The fourth-order valence-corrected chi connectivity index (χ4v) is 5.47. The molecule has 31 heavy (non-hydrogen) atoms. The first kappa shape index (κ1) is 20.2. The molecule has 0 bridgehead atoms. The van der Waals surface area contributed by atoms with Crippen molar-refractivity contribution in [2.24, 2.45) is 0 Å². The summed E-state index contributed by atoms with van der Waals surface area (Å²) in [5.74, 6) is 0.209. The van der Waals surface area contributed by atoms with Crippen molar-refractivity contribution in [3.63, 3.8) is 0 Å². The minimum atomic E-state index is -0.0465. The van der Waals surface area contributed by atoms with E-state index in [-0.39, 0.29) is 27.8 Å². The molecule has 1 N–H and O–H groups in total. The van der Waals surface area contributed by atoms with E-state index in [0.29, 0.717) is 18.4 Å². The van der Waals surface area contributed by atoms with Gasteiger partial charge in [-0.05, 0) is 48.1 Å². The molecule has 1 saturated carbocycles. The molecule has 1 aromatic carbocycles. The summed E-state index contributed by atoms with van der Waals surface area (Å²) in [5, 5.41) is 10.1. The molecule has 5 rings (SSSR count). The van der Waals surface area contributed by atoms with Gasteiger partial charge >= 0.3 is 0 Å². The molecule has 1 fully saturated rings. The lowest BCUT2D eigenvalue weighted by Gasteiger charge is -2.38. The van der Waals surface area contributed by atoms with Gasteiger partial charge in [0, 0.05) is 40.8 Å². The Labute approximate surface area is 184 Å². The molecule has 3 aliphatic rings. The van der Waals surface area contributed by atoms with Crippen molar-refractivity contribution in [2.45, 2.75) is 76.5 Å². The second kappa shape index (κ2) is 6.41. The quantitative estimate of drug-likeness (QED) is 0.607. The molecule has 0 spiro atoms. The van der Waals surface area contributed by atoms with Gasteiger partial charge in [0.05, 0.1) is 11.3 Å². The smallest absolute Gasteiger partial charge is 0.167 e. The third-order valence-corrected chi connectivity index (χ3v) is 7.63. The fraction of sp³-hybridized carbons (Fsp3) is 0.429. The van der Waals surface area contributed by atoms with Gasteiger partial charge in [-0.1, -0.05) is 58.0 Å². The zero-order chi connectivity index (χ0) is 22.2. The molecule has 1 aromatic heterocycles. The van der Waals surface area contributed by atoms with E-state index in [0.717, 1.165) is 24.1 Å². The molecule has 160 valence electrons. The number of pyridine rings is 1. The summed E-state index contributed by atoms with van der Waals surface area (Å²) in [4.78, 5) is 17.0. The predicted octanol–water partition coefficient (Wildman–Crippen LogP) is 6.23. The van der Waals surface area contributed by atoms with Crippen molar-refractivity contribution in [1.82, 2.24) is 4.98 Å². The van der Waals surface area contributed by atoms with Gasteiger partial charge in [-0.15, -0.1) is 0 Å². The number of aliphatic hydroxyl groups excluding tert-OH is 1. The molecule has 2 aromatic rings. The number of carbonyl (C=O) groups is 1. The first-order valence-electron chi connectivity index (χ1n) is 11.3. The first-order valence-corrected chi connectivity index (χ1v) is 11.3. The zero-order valence-corrected chi connectivity index (χ0v) is 19.2. The maximum Gasteiger partial charge on any atom is 0.167 e. The number of aryl methyl sites for hydroxylation is 1. The number of ketones is 1. The van der Waals surface area contributed by atoms with Gasteiger partial charge in [-0.2, -0.15) is 0 Å². The first-order chi connectivity index (χ1) is 14.6. The van der Waals surface area contributed by atoms with Gasteiger partial charge in [0.15, 0.2) is 5.78 Å². The van der Waals surface area contributed by atoms with Gasteiger partial charge < -0.3 is 5.11 Å². The molecule has 0 radical (unpaired) electrons. The molecule has 3 aliphatic carbocycles. The average Bonchev–Trinajstić information content (AvgIpc) is 3.45. The molecular weight excluding hydrogens is 382 g/mol. The highest BCUT2D eigenvalue weighted by atomic mass is 16.3. The number of carbonyl (C=O) groups excluding carboxylic acids is 1. The lowest BCUT2D eigenvalue weighted by molar-refractivity contribution is -0.113. The van der Waals surface area contributed by atoms with Crippen LogP contribution < -0.4 is 0 Å². The molecule has 3 heteroatoms. The third kappa shape index (κ3) is 3.01. The Morgan fingerprint density at radius 3 is 2.06 bits per heavy atom. The van der Waals surface area contributed by atoms with Gasteiger partial charge in [-0.25, -0.2) is 0 Å². The lowest BCUT2D eigenvalue weighted by Crippen LogP contribution is -2.30. The van der Waals surface area contributed by atoms with Crippen molar-refractivity contribution < 1.29 is 9.90 Å². The van der Waals surface area contributed by atoms with E-state index in [1.54, 1.807) is 6.20 Å². The Balaban J connectivity index is 1.57. The van der Waals surface area contributed by atoms with E-state index in [1.165, 1.54) is 22.3 Å². The standard InChI is InChI=1S/C28H31NO2/c1-17-14-20-21(27(4,5)11-10-26(20,2)3)15-19(17)28(12-13-28)24-9-6-18(16-29-24)25-22(30)7-8-23(25)31/h6,9-11,14-16,30H,7-8,12-13H2,1-5H3. The van der Waals surface area contributed by atoms with E-state index in [1.807, 2.05) is 6.07 Å². The summed E-state index contributed by atoms with van der Waals surface area (Å²) in [5.41, 5.74) is 7.78. The van der Waals surface area contributed by atoms with Crippen molar-refractivity contribution in [3.05, 3.63) is 81.9 Å². The molecule has 0 aliphatic heterocycles. The van der Waals surface area contributed by atoms with Crippen LogP contribution in [-0.4, -0.2) is 15.9 Å². The highest BCUT2D eigenvalue weighted by Gasteiger charge is 2.49. The van der Waals surface area contributed by atoms with E-state index >= 15 is 0 Å². The average molecular weight is 414 g/mol. The molecular formula is C28H31NO2. The molecule has 0 atom stereocenters. The number of hydrogen-bond acceptors (Lipinski definition) is 3. The minimum Gasteiger partial charge on any atom is -0.512 e. The summed E-state index contributed by atoms with van der Waals surface area (Å²) < 4.78 is 0. The van der Waals surface area contributed by atoms with E-state index in [4.69, 9.17) is 4.98 Å². The van der Waals surface area contributed by atoms with E-state index in [2.05, 4.69) is 65.0 Å². The largest absolute Gasteiger partial charge is 0.512 e. The van der Waals surface area contributed by atoms with Crippen LogP contribution in [-0.2, 0) is 21.0 Å².